The third-order valence-corrected chi connectivity index (χ3v) is 14.0. The molecule has 12 nitrogen and oxygen atoms in total. The predicted molar refractivity (Wildman–Crippen MR) is 217 cm³/mol. The number of hydrogen-bond acceptors (Lipinski definition) is 10. The largest absolute Gasteiger partial charge is 0.444 e. The van der Waals surface area contributed by atoms with Gasteiger partial charge in [-0.15, -0.1) is 0 Å². The number of piperidine rings is 1. The number of pyridine rings is 1. The molecule has 0 saturated carbocycles. The summed E-state index contributed by atoms with van der Waals surface area (Å²) in [5.41, 5.74) is -0.602. The molecule has 6 heterocycles. The predicted octanol–water partition coefficient (Wildman–Crippen LogP) is 9.33. The maximum absolute atomic E-state index is 16.5. The fourth-order valence-electron chi connectivity index (χ4n) is 9.28. The summed E-state index contributed by atoms with van der Waals surface area (Å²) in [5, 5.41) is 3.79. The normalized spacial score (nSPS) is 23.9. The first kappa shape index (κ1) is 42.7. The zero-order chi connectivity index (χ0) is 41.4. The summed E-state index contributed by atoms with van der Waals surface area (Å²) in [7, 11) is -2.69. The minimum Gasteiger partial charge on any atom is -0.444 e. The van der Waals surface area contributed by atoms with Crippen LogP contribution in [0.3, 0.4) is 0 Å². The van der Waals surface area contributed by atoms with Crippen LogP contribution in [0.2, 0.25) is 0 Å². The van der Waals surface area contributed by atoms with Gasteiger partial charge in [-0.2, -0.15) is 10.6 Å². The lowest BCUT2D eigenvalue weighted by Gasteiger charge is -2.42. The van der Waals surface area contributed by atoms with E-state index in [0.29, 0.717) is 74.3 Å². The van der Waals surface area contributed by atoms with Crippen LogP contribution in [0, 0.1) is 11.7 Å². The van der Waals surface area contributed by atoms with Crippen LogP contribution in [0.4, 0.5) is 23.8 Å². The number of alkyl halides is 2. The van der Waals surface area contributed by atoms with Gasteiger partial charge in [0.15, 0.2) is 6.29 Å². The number of nitrogens with one attached hydrogen (secondary N) is 1. The Morgan fingerprint density at radius 3 is 2.36 bits per heavy atom. The van der Waals surface area contributed by atoms with Crippen LogP contribution >= 0.6 is 10.6 Å². The molecular weight excluding hydrogens is 776 g/mol. The zero-order valence-corrected chi connectivity index (χ0v) is 34.7. The van der Waals surface area contributed by atoms with Crippen LogP contribution in [0.25, 0.3) is 11.0 Å². The molecule has 2 bridgehead atoms. The molecule has 4 aliphatic heterocycles. The van der Waals surface area contributed by atoms with E-state index in [0.717, 1.165) is 31.7 Å². The van der Waals surface area contributed by atoms with E-state index in [4.69, 9.17) is 14.2 Å². The van der Waals surface area contributed by atoms with Gasteiger partial charge >= 0.3 is 6.09 Å². The Kier molecular flexibility index (Phi) is 12.7. The maximum atomic E-state index is 16.5. The molecule has 320 valence electrons. The third-order valence-electron chi connectivity index (χ3n) is 12.3. The van der Waals surface area contributed by atoms with Gasteiger partial charge < -0.3 is 24.4 Å². The summed E-state index contributed by atoms with van der Waals surface area (Å²) in [5.74, 6) is -5.11. The number of unbranched alkanes of at least 4 members (excludes halogenated alkanes) is 3. The summed E-state index contributed by atoms with van der Waals surface area (Å²) in [6, 6.07) is 4.22. The van der Waals surface area contributed by atoms with E-state index in [1.807, 2.05) is 0 Å². The SMILES string of the molecule is C[C@@H](Nc1ncnc2c1cc(C1CCS(O)(O)CC1)c(=O)n2CCCCCCC1OCCO1)c1cccc(C(F)(F)C2CC3CCC(C2)N3C(=O)OC(C)(C)C)c1F. The fraction of sp³-hybridized carbons (Fsp3) is 0.667. The molecule has 1 aromatic carbocycles. The zero-order valence-electron chi connectivity index (χ0n) is 33.9. The highest BCUT2D eigenvalue weighted by atomic mass is 32.3. The number of nitrogens with zero attached hydrogens (tertiary/aromatic N) is 4. The highest BCUT2D eigenvalue weighted by molar-refractivity contribution is 8.24. The van der Waals surface area contributed by atoms with E-state index in [1.54, 1.807) is 43.2 Å². The smallest absolute Gasteiger partial charge is 0.410 e. The first-order chi connectivity index (χ1) is 27.5. The number of aromatic nitrogens is 3. The molecule has 3 atom stereocenters. The number of ether oxygens (including phenoxy) is 3. The van der Waals surface area contributed by atoms with Crippen molar-refractivity contribution in [2.45, 2.75) is 147 Å². The lowest BCUT2D eigenvalue weighted by atomic mass is 9.82. The summed E-state index contributed by atoms with van der Waals surface area (Å²) in [6.45, 7) is 8.63. The molecule has 2 aromatic heterocycles. The molecule has 16 heteroatoms. The minimum absolute atomic E-state index is 0.0394. The first-order valence-electron chi connectivity index (χ1n) is 20.8. The van der Waals surface area contributed by atoms with Crippen LogP contribution in [0.1, 0.15) is 127 Å². The Balaban J connectivity index is 1.11. The number of rotatable bonds is 13. The Morgan fingerprint density at radius 2 is 1.69 bits per heavy atom. The van der Waals surface area contributed by atoms with Crippen molar-refractivity contribution in [3.05, 3.63) is 63.5 Å². The Morgan fingerprint density at radius 1 is 1.02 bits per heavy atom. The van der Waals surface area contributed by atoms with Crippen molar-refractivity contribution in [1.29, 1.82) is 0 Å². The average Bonchev–Trinajstić information content (AvgIpc) is 3.78. The lowest BCUT2D eigenvalue weighted by molar-refractivity contribution is -0.100. The molecule has 0 aliphatic carbocycles. The van der Waals surface area contributed by atoms with Gasteiger partial charge in [0.05, 0.1) is 30.2 Å². The van der Waals surface area contributed by atoms with Crippen molar-refractivity contribution in [2.75, 3.05) is 30.0 Å². The Bertz CT molecular complexity index is 1980. The molecule has 7 rings (SSSR count). The molecule has 4 saturated heterocycles. The van der Waals surface area contributed by atoms with Crippen molar-refractivity contribution in [3.8, 4) is 0 Å². The van der Waals surface area contributed by atoms with Gasteiger partial charge in [-0.1, -0.05) is 31.0 Å². The number of hydrogen-bond donors (Lipinski definition) is 3. The van der Waals surface area contributed by atoms with Gasteiger partial charge in [0.1, 0.15) is 29.2 Å². The highest BCUT2D eigenvalue weighted by Crippen LogP contribution is 2.51. The number of aryl methyl sites for hydroxylation is 1. The quantitative estimate of drug-likeness (QED) is 0.142. The second-order valence-corrected chi connectivity index (χ2v) is 19.9. The molecule has 0 radical (unpaired) electrons. The first-order valence-corrected chi connectivity index (χ1v) is 22.7. The average molecular weight is 834 g/mol. The highest BCUT2D eigenvalue weighted by Gasteiger charge is 2.53. The number of fused-ring (bicyclic) bond motifs is 3. The van der Waals surface area contributed by atoms with Crippen LogP contribution in [0.15, 0.2) is 35.4 Å². The van der Waals surface area contributed by atoms with E-state index >= 15 is 13.2 Å². The van der Waals surface area contributed by atoms with Gasteiger partial charge in [0.25, 0.3) is 11.5 Å². The molecule has 4 fully saturated rings. The van der Waals surface area contributed by atoms with Crippen LogP contribution in [-0.4, -0.2) is 83.3 Å². The maximum Gasteiger partial charge on any atom is 0.410 e. The summed E-state index contributed by atoms with van der Waals surface area (Å²) < 4.78 is 88.3. The monoisotopic (exact) mass is 833 g/mol. The van der Waals surface area contributed by atoms with Crippen molar-refractivity contribution < 1.29 is 41.3 Å². The topological polar surface area (TPSA) is 148 Å². The third kappa shape index (κ3) is 9.30. The summed E-state index contributed by atoms with van der Waals surface area (Å²) >= 11 is 0. The fourth-order valence-corrected chi connectivity index (χ4v) is 10.8. The molecule has 0 spiro atoms. The molecule has 58 heavy (non-hydrogen) atoms. The second kappa shape index (κ2) is 17.3. The number of carbonyl (C=O) groups excluding carboxylic acids is 1. The molecule has 2 unspecified atom stereocenters. The number of amides is 1. The number of benzene rings is 1. The second-order valence-electron chi connectivity index (χ2n) is 17.5. The molecule has 3 N–H and O–H groups in total. The van der Waals surface area contributed by atoms with Crippen molar-refractivity contribution in [1.82, 2.24) is 19.4 Å². The van der Waals surface area contributed by atoms with Gasteiger partial charge in [-0.05, 0) is 97.5 Å². The standard InChI is InChI=1S/C42H58F3N5O7S/c1-26(31-10-9-11-34(36(31)43)42(44,45)28-22-29-13-14-30(23-28)50(29)40(52)57-41(2,3)4)48-37-33-24-32(27-15-20-58(53,54)21-16-27)39(51)49(38(33)47-25-46-37)17-8-6-5-7-12-35-55-18-19-56-35/h9-11,24-30,35,53-54H,5-8,12-23H2,1-4H3,(H,46,47,48)/t26-,28?,29?,30?/m1/s1. The van der Waals surface area contributed by atoms with Crippen molar-refractivity contribution in [3.63, 3.8) is 0 Å². The summed E-state index contributed by atoms with van der Waals surface area (Å²) in [6.07, 6.45) is 7.12. The number of halogens is 3. The minimum atomic E-state index is -3.49. The van der Waals surface area contributed by atoms with E-state index in [-0.39, 0.29) is 47.7 Å². The Labute approximate surface area is 339 Å². The van der Waals surface area contributed by atoms with Gasteiger partial charge in [-0.25, -0.2) is 27.9 Å². The van der Waals surface area contributed by atoms with Crippen LogP contribution in [-0.2, 0) is 26.7 Å². The van der Waals surface area contributed by atoms with Gasteiger partial charge in [-0.3, -0.25) is 18.5 Å². The number of anilines is 1. The lowest BCUT2D eigenvalue weighted by Crippen LogP contribution is -2.50. The van der Waals surface area contributed by atoms with E-state index < -0.39 is 63.6 Å². The van der Waals surface area contributed by atoms with Crippen molar-refractivity contribution in [2.24, 2.45) is 5.92 Å². The van der Waals surface area contributed by atoms with Gasteiger partial charge in [0.2, 0.25) is 0 Å². The molecule has 3 aromatic rings. The Hall–Kier alpha value is -3.44. The van der Waals surface area contributed by atoms with Crippen molar-refractivity contribution >= 4 is 33.5 Å². The van der Waals surface area contributed by atoms with Crippen LogP contribution in [0.5, 0.6) is 0 Å². The summed E-state index contributed by atoms with van der Waals surface area (Å²) in [4.78, 5) is 37.8. The van der Waals surface area contributed by atoms with Crippen LogP contribution < -0.4 is 10.9 Å². The van der Waals surface area contributed by atoms with E-state index in [1.165, 1.54) is 18.5 Å². The molecule has 1 amide bonds. The van der Waals surface area contributed by atoms with E-state index in [9.17, 15) is 18.7 Å². The molecule has 4 aliphatic rings. The van der Waals surface area contributed by atoms with Gasteiger partial charge in [0, 0.05) is 47.2 Å². The number of carbonyl (C=O) groups is 1. The molecular formula is C42H58F3N5O7S. The van der Waals surface area contributed by atoms with E-state index in [2.05, 4.69) is 15.3 Å².